The summed E-state index contributed by atoms with van der Waals surface area (Å²) in [5.41, 5.74) is 13.3. The maximum absolute atomic E-state index is 2.55. The van der Waals surface area contributed by atoms with E-state index in [0.717, 1.165) is 0 Å². The third-order valence-corrected chi connectivity index (χ3v) is 8.72. The second kappa shape index (κ2) is 6.73. The molecule has 0 saturated carbocycles. The van der Waals surface area contributed by atoms with Gasteiger partial charge in [-0.3, -0.25) is 0 Å². The van der Waals surface area contributed by atoms with E-state index in [2.05, 4.69) is 135 Å². The number of hydrogen-bond acceptors (Lipinski definition) is 0. The van der Waals surface area contributed by atoms with Gasteiger partial charge in [0.05, 0.1) is 11.4 Å². The first-order chi connectivity index (χ1) is 16.8. The Labute approximate surface area is 207 Å². The van der Waals surface area contributed by atoms with Crippen molar-refractivity contribution < 1.29 is 4.58 Å². The predicted octanol–water partition coefficient (Wildman–Crippen LogP) is 7.70. The predicted molar refractivity (Wildman–Crippen MR) is 145 cm³/mol. The summed E-state index contributed by atoms with van der Waals surface area (Å²) < 4.78 is 4.97. The van der Waals surface area contributed by atoms with E-state index >= 15 is 0 Å². The third kappa shape index (κ3) is 2.57. The highest BCUT2D eigenvalue weighted by atomic mass is 15.1. The largest absolute Gasteiger partial charge is 0.316 e. The molecule has 3 aromatic carbocycles. The van der Waals surface area contributed by atoms with Gasteiger partial charge in [-0.15, -0.1) is 0 Å². The maximum atomic E-state index is 2.55. The standard InChI is InChI=1S/C33H31N2/c1-21-16-18-34-29-14-9-7-12-23(29)30-15-10-17-35(30)33(4,5)28-19-24-22-11-6-8-13-26(22)32(2,3)27(24)20-25(28)31(21)34/h6-20,30H,1-5H3/q+1. The van der Waals surface area contributed by atoms with Crippen LogP contribution in [0.5, 0.6) is 0 Å². The molecule has 2 aliphatic heterocycles. The highest BCUT2D eigenvalue weighted by Gasteiger charge is 2.45. The summed E-state index contributed by atoms with van der Waals surface area (Å²) in [6, 6.07) is 25.3. The molecule has 3 heterocycles. The minimum absolute atomic E-state index is 0.0311. The zero-order valence-electron chi connectivity index (χ0n) is 21.1. The first-order valence-electron chi connectivity index (χ1n) is 12.7. The minimum atomic E-state index is -0.209. The molecular weight excluding hydrogens is 424 g/mol. The molecule has 0 N–H and O–H groups in total. The van der Waals surface area contributed by atoms with Crippen LogP contribution in [0.25, 0.3) is 28.1 Å². The molecule has 4 aromatic rings. The molecule has 0 amide bonds. The Kier molecular flexibility index (Phi) is 3.98. The first kappa shape index (κ1) is 20.7. The van der Waals surface area contributed by atoms with E-state index in [0.29, 0.717) is 0 Å². The fraction of sp³-hybridized carbons (Fsp3) is 0.242. The second-order valence-electron chi connectivity index (χ2n) is 11.3. The van der Waals surface area contributed by atoms with E-state index < -0.39 is 0 Å². The highest BCUT2D eigenvalue weighted by molar-refractivity contribution is 5.86. The van der Waals surface area contributed by atoms with Gasteiger partial charge >= 0.3 is 0 Å². The van der Waals surface area contributed by atoms with Crippen LogP contribution in [0, 0.1) is 6.92 Å². The van der Waals surface area contributed by atoms with Crippen LogP contribution in [0.3, 0.4) is 0 Å². The van der Waals surface area contributed by atoms with Gasteiger partial charge in [0.25, 0.3) is 0 Å². The lowest BCUT2D eigenvalue weighted by molar-refractivity contribution is -0.631. The third-order valence-electron chi connectivity index (χ3n) is 8.72. The molecule has 35 heavy (non-hydrogen) atoms. The zero-order valence-corrected chi connectivity index (χ0v) is 21.1. The van der Waals surface area contributed by atoms with Gasteiger partial charge in [0.15, 0.2) is 17.8 Å². The Morgan fingerprint density at radius 3 is 2.37 bits per heavy atom. The number of hydrogen-bond donors (Lipinski definition) is 0. The van der Waals surface area contributed by atoms with Crippen LogP contribution in [-0.2, 0) is 11.0 Å². The molecule has 0 fully saturated rings. The van der Waals surface area contributed by atoms with E-state index in [4.69, 9.17) is 0 Å². The molecular formula is C33H31N2+. The number of rotatable bonds is 0. The number of para-hydroxylation sites is 1. The van der Waals surface area contributed by atoms with Crippen molar-refractivity contribution in [1.82, 2.24) is 4.57 Å². The fourth-order valence-electron chi connectivity index (χ4n) is 6.84. The molecule has 1 unspecified atom stereocenters. The SMILES string of the molecule is Cc1ccn2c1-c1cc3c(cc1C(C)(C)[N+]1=CC=CC1c1ccccc1-2)-c1ccccc1C3(C)C. The van der Waals surface area contributed by atoms with E-state index in [9.17, 15) is 0 Å². The molecule has 1 atom stereocenters. The molecule has 0 bridgehead atoms. The van der Waals surface area contributed by atoms with E-state index in [-0.39, 0.29) is 17.0 Å². The van der Waals surface area contributed by atoms with Crippen molar-refractivity contribution in [2.24, 2.45) is 0 Å². The van der Waals surface area contributed by atoms with Gasteiger partial charge in [0.1, 0.15) is 0 Å². The molecule has 2 heteroatoms. The summed E-state index contributed by atoms with van der Waals surface area (Å²) in [5.74, 6) is 0. The normalized spacial score (nSPS) is 19.8. The van der Waals surface area contributed by atoms with Crippen LogP contribution >= 0.6 is 0 Å². The molecule has 0 spiro atoms. The Bertz CT molecular complexity index is 1610. The summed E-state index contributed by atoms with van der Waals surface area (Å²) in [5, 5.41) is 0. The first-order valence-corrected chi connectivity index (χ1v) is 12.7. The van der Waals surface area contributed by atoms with E-state index in [1.165, 1.54) is 55.9 Å². The van der Waals surface area contributed by atoms with Crippen molar-refractivity contribution in [3.05, 3.63) is 113 Å². The second-order valence-corrected chi connectivity index (χ2v) is 11.3. The van der Waals surface area contributed by atoms with Gasteiger partial charge in [-0.25, -0.2) is 4.58 Å². The number of aryl methyl sites for hydroxylation is 1. The van der Waals surface area contributed by atoms with Crippen LogP contribution in [0.2, 0.25) is 0 Å². The van der Waals surface area contributed by atoms with Crippen molar-refractivity contribution in [3.63, 3.8) is 0 Å². The van der Waals surface area contributed by atoms with Crippen LogP contribution < -0.4 is 0 Å². The van der Waals surface area contributed by atoms with Gasteiger partial charge < -0.3 is 4.57 Å². The Hall–Kier alpha value is -3.65. The number of fused-ring (bicyclic) bond motifs is 10. The van der Waals surface area contributed by atoms with Gasteiger partial charge in [0.2, 0.25) is 0 Å². The summed E-state index contributed by atoms with van der Waals surface area (Å²) in [6.07, 6.45) is 9.10. The lowest BCUT2D eigenvalue weighted by atomic mass is 9.79. The molecule has 7 rings (SSSR count). The summed E-state index contributed by atoms with van der Waals surface area (Å²) in [4.78, 5) is 0. The topological polar surface area (TPSA) is 7.94 Å². The average molecular weight is 456 g/mol. The maximum Gasteiger partial charge on any atom is 0.200 e. The van der Waals surface area contributed by atoms with E-state index in [1.54, 1.807) is 0 Å². The fourth-order valence-corrected chi connectivity index (χ4v) is 6.84. The average Bonchev–Trinajstić information content (AvgIpc) is 3.55. The highest BCUT2D eigenvalue weighted by Crippen LogP contribution is 2.53. The Morgan fingerprint density at radius 1 is 0.771 bits per heavy atom. The number of aromatic nitrogens is 1. The van der Waals surface area contributed by atoms with Crippen LogP contribution in [0.1, 0.15) is 61.6 Å². The van der Waals surface area contributed by atoms with Crippen molar-refractivity contribution in [1.29, 1.82) is 0 Å². The molecule has 1 aliphatic carbocycles. The lowest BCUT2D eigenvalue weighted by Gasteiger charge is -2.29. The quantitative estimate of drug-likeness (QED) is 0.240. The summed E-state index contributed by atoms with van der Waals surface area (Å²) in [6.45, 7) is 11.8. The number of allylic oxidation sites excluding steroid dienone is 1. The molecule has 2 nitrogen and oxygen atoms in total. The van der Waals surface area contributed by atoms with Crippen LogP contribution in [0.15, 0.2) is 85.1 Å². The molecule has 3 aliphatic rings. The summed E-state index contributed by atoms with van der Waals surface area (Å²) in [7, 11) is 0. The zero-order chi connectivity index (χ0) is 24.1. The van der Waals surface area contributed by atoms with Crippen molar-refractivity contribution in [3.8, 4) is 28.1 Å². The smallest absolute Gasteiger partial charge is 0.200 e. The van der Waals surface area contributed by atoms with Gasteiger partial charge in [-0.1, -0.05) is 50.2 Å². The Balaban J connectivity index is 1.64. The van der Waals surface area contributed by atoms with Crippen LogP contribution in [0.4, 0.5) is 0 Å². The molecule has 1 aromatic heterocycles. The minimum Gasteiger partial charge on any atom is -0.316 e. The van der Waals surface area contributed by atoms with Gasteiger partial charge in [-0.2, -0.15) is 0 Å². The molecule has 0 saturated heterocycles. The van der Waals surface area contributed by atoms with Gasteiger partial charge in [0, 0.05) is 48.2 Å². The molecule has 0 radical (unpaired) electrons. The number of nitrogens with zero attached hydrogens (tertiary/aromatic N) is 2. The monoisotopic (exact) mass is 455 g/mol. The number of benzene rings is 3. The van der Waals surface area contributed by atoms with Gasteiger partial charge in [-0.05, 0) is 71.1 Å². The van der Waals surface area contributed by atoms with Crippen molar-refractivity contribution in [2.75, 3.05) is 0 Å². The summed E-state index contributed by atoms with van der Waals surface area (Å²) >= 11 is 0. The van der Waals surface area contributed by atoms with E-state index in [1.807, 2.05) is 0 Å². The lowest BCUT2D eigenvalue weighted by Crippen LogP contribution is -2.35. The van der Waals surface area contributed by atoms with Crippen LogP contribution in [-0.4, -0.2) is 15.4 Å². The van der Waals surface area contributed by atoms with Crippen molar-refractivity contribution in [2.45, 2.75) is 51.6 Å². The van der Waals surface area contributed by atoms with Crippen molar-refractivity contribution >= 4 is 6.21 Å². The molecule has 172 valence electrons. The Morgan fingerprint density at radius 2 is 1.51 bits per heavy atom.